The van der Waals surface area contributed by atoms with Crippen molar-refractivity contribution in [3.63, 3.8) is 0 Å². The Balaban J connectivity index is 1.73. The zero-order valence-electron chi connectivity index (χ0n) is 11.5. The molecule has 0 aliphatic carbocycles. The maximum atomic E-state index is 10.3. The zero-order valence-corrected chi connectivity index (χ0v) is 13.6. The van der Waals surface area contributed by atoms with Gasteiger partial charge in [-0.1, -0.05) is 42.5 Å². The third-order valence-electron chi connectivity index (χ3n) is 3.48. The molecule has 3 heteroatoms. The normalized spacial score (nSPS) is 12.3. The summed E-state index contributed by atoms with van der Waals surface area (Å²) in [4.78, 5) is 0. The Hall–Kier alpha value is -1.59. The largest absolute Gasteiger partial charge is 0.387 e. The van der Waals surface area contributed by atoms with Gasteiger partial charge in [-0.25, -0.2) is 0 Å². The molecule has 1 atom stereocenters. The van der Waals surface area contributed by atoms with Crippen LogP contribution in [0.2, 0.25) is 0 Å². The summed E-state index contributed by atoms with van der Waals surface area (Å²) >= 11 is 2.28. The molecule has 0 saturated heterocycles. The predicted molar refractivity (Wildman–Crippen MR) is 96.6 cm³/mol. The first-order valence-electron chi connectivity index (χ1n) is 6.88. The quantitative estimate of drug-likeness (QED) is 0.640. The molecule has 0 fully saturated rings. The number of aliphatic hydroxyl groups is 1. The van der Waals surface area contributed by atoms with E-state index in [1.54, 1.807) is 0 Å². The minimum Gasteiger partial charge on any atom is -0.387 e. The number of halogens is 1. The second kappa shape index (κ2) is 6.45. The van der Waals surface area contributed by atoms with Crippen molar-refractivity contribution in [1.29, 1.82) is 0 Å². The fraction of sp³-hybridized carbons (Fsp3) is 0.111. The van der Waals surface area contributed by atoms with E-state index in [9.17, 15) is 5.11 Å². The Morgan fingerprint density at radius 3 is 2.52 bits per heavy atom. The van der Waals surface area contributed by atoms with E-state index in [-0.39, 0.29) is 0 Å². The molecule has 0 aliphatic rings. The zero-order chi connectivity index (χ0) is 14.7. The SMILES string of the molecule is OC(CNc1cccc(I)c1)c1ccc2ccccc2c1. The van der Waals surface area contributed by atoms with Gasteiger partial charge in [0.2, 0.25) is 0 Å². The Labute approximate surface area is 138 Å². The molecule has 2 nitrogen and oxygen atoms in total. The van der Waals surface area contributed by atoms with Gasteiger partial charge < -0.3 is 10.4 Å². The summed E-state index contributed by atoms with van der Waals surface area (Å²) in [5.41, 5.74) is 1.97. The number of anilines is 1. The van der Waals surface area contributed by atoms with Crippen molar-refractivity contribution in [2.24, 2.45) is 0 Å². The van der Waals surface area contributed by atoms with E-state index >= 15 is 0 Å². The third kappa shape index (κ3) is 3.54. The Morgan fingerprint density at radius 2 is 1.71 bits per heavy atom. The summed E-state index contributed by atoms with van der Waals surface area (Å²) in [7, 11) is 0. The molecule has 0 aliphatic heterocycles. The van der Waals surface area contributed by atoms with Crippen molar-refractivity contribution >= 4 is 39.1 Å². The van der Waals surface area contributed by atoms with Crippen LogP contribution < -0.4 is 5.32 Å². The fourth-order valence-corrected chi connectivity index (χ4v) is 2.89. The standard InChI is InChI=1S/C18H16INO/c19-16-6-3-7-17(11-16)20-12-18(21)15-9-8-13-4-1-2-5-14(13)10-15/h1-11,18,20-21H,12H2. The summed E-state index contributed by atoms with van der Waals surface area (Å²) in [5.74, 6) is 0. The molecule has 0 saturated carbocycles. The van der Waals surface area contributed by atoms with E-state index in [0.717, 1.165) is 16.6 Å². The van der Waals surface area contributed by atoms with E-state index in [4.69, 9.17) is 0 Å². The second-order valence-corrected chi connectivity index (χ2v) is 6.26. The lowest BCUT2D eigenvalue weighted by atomic mass is 10.0. The molecular weight excluding hydrogens is 373 g/mol. The average molecular weight is 389 g/mol. The molecule has 0 amide bonds. The van der Waals surface area contributed by atoms with Crippen molar-refractivity contribution in [1.82, 2.24) is 0 Å². The fourth-order valence-electron chi connectivity index (χ4n) is 2.35. The highest BCUT2D eigenvalue weighted by Gasteiger charge is 2.08. The number of nitrogens with one attached hydrogen (secondary N) is 1. The Kier molecular flexibility index (Phi) is 4.41. The maximum absolute atomic E-state index is 10.3. The average Bonchev–Trinajstić information content (AvgIpc) is 2.52. The van der Waals surface area contributed by atoms with Gasteiger partial charge in [0.25, 0.3) is 0 Å². The molecule has 1 unspecified atom stereocenters. The third-order valence-corrected chi connectivity index (χ3v) is 4.15. The highest BCUT2D eigenvalue weighted by Crippen LogP contribution is 2.21. The first-order chi connectivity index (χ1) is 10.2. The van der Waals surface area contributed by atoms with Crippen LogP contribution >= 0.6 is 22.6 Å². The molecule has 3 aromatic rings. The summed E-state index contributed by atoms with van der Waals surface area (Å²) in [5, 5.41) is 16.0. The van der Waals surface area contributed by atoms with E-state index in [2.05, 4.69) is 58.2 Å². The lowest BCUT2D eigenvalue weighted by Gasteiger charge is -2.14. The van der Waals surface area contributed by atoms with Gasteiger partial charge in [0, 0.05) is 15.8 Å². The minimum atomic E-state index is -0.521. The van der Waals surface area contributed by atoms with Crippen molar-refractivity contribution in [3.8, 4) is 0 Å². The van der Waals surface area contributed by atoms with Gasteiger partial charge in [-0.3, -0.25) is 0 Å². The highest BCUT2D eigenvalue weighted by molar-refractivity contribution is 14.1. The van der Waals surface area contributed by atoms with Gasteiger partial charge in [-0.05, 0) is 63.2 Å². The lowest BCUT2D eigenvalue weighted by Crippen LogP contribution is -2.12. The van der Waals surface area contributed by atoms with Crippen LogP contribution in [0.15, 0.2) is 66.7 Å². The molecule has 0 aromatic heterocycles. The van der Waals surface area contributed by atoms with Gasteiger partial charge in [0.05, 0.1) is 6.10 Å². The predicted octanol–water partition coefficient (Wildman–Crippen LogP) is 4.59. The van der Waals surface area contributed by atoms with Crippen LogP contribution in [0.4, 0.5) is 5.69 Å². The van der Waals surface area contributed by atoms with Crippen LogP contribution in [0.25, 0.3) is 10.8 Å². The second-order valence-electron chi connectivity index (χ2n) is 5.01. The molecule has 2 N–H and O–H groups in total. The van der Waals surface area contributed by atoms with Crippen molar-refractivity contribution in [3.05, 3.63) is 75.9 Å². The molecule has 3 aromatic carbocycles. The topological polar surface area (TPSA) is 32.3 Å². The maximum Gasteiger partial charge on any atom is 0.0962 e. The van der Waals surface area contributed by atoms with Crippen LogP contribution in [0.5, 0.6) is 0 Å². The van der Waals surface area contributed by atoms with E-state index in [0.29, 0.717) is 6.54 Å². The molecule has 0 radical (unpaired) electrons. The summed E-state index contributed by atoms with van der Waals surface area (Å²) in [6, 6.07) is 22.4. The van der Waals surface area contributed by atoms with Crippen molar-refractivity contribution in [2.45, 2.75) is 6.10 Å². The number of fused-ring (bicyclic) bond motifs is 1. The molecule has 0 spiro atoms. The molecule has 3 rings (SSSR count). The number of hydrogen-bond acceptors (Lipinski definition) is 2. The first-order valence-corrected chi connectivity index (χ1v) is 7.96. The van der Waals surface area contributed by atoms with Gasteiger partial charge in [0.1, 0.15) is 0 Å². The van der Waals surface area contributed by atoms with Gasteiger partial charge in [-0.2, -0.15) is 0 Å². The monoisotopic (exact) mass is 389 g/mol. The Bertz CT molecular complexity index is 757. The van der Waals surface area contributed by atoms with Gasteiger partial charge >= 0.3 is 0 Å². The van der Waals surface area contributed by atoms with Crippen molar-refractivity contribution < 1.29 is 5.11 Å². The number of rotatable bonds is 4. The summed E-state index contributed by atoms with van der Waals surface area (Å²) in [6.07, 6.45) is -0.521. The van der Waals surface area contributed by atoms with E-state index < -0.39 is 6.10 Å². The summed E-state index contributed by atoms with van der Waals surface area (Å²) < 4.78 is 1.18. The summed E-state index contributed by atoms with van der Waals surface area (Å²) in [6.45, 7) is 0.498. The van der Waals surface area contributed by atoms with Gasteiger partial charge in [-0.15, -0.1) is 0 Å². The minimum absolute atomic E-state index is 0.498. The highest BCUT2D eigenvalue weighted by atomic mass is 127. The lowest BCUT2D eigenvalue weighted by molar-refractivity contribution is 0.192. The van der Waals surface area contributed by atoms with Crippen LogP contribution in [-0.4, -0.2) is 11.7 Å². The molecule has 0 bridgehead atoms. The number of benzene rings is 3. The van der Waals surface area contributed by atoms with Crippen LogP contribution in [0.1, 0.15) is 11.7 Å². The number of hydrogen-bond donors (Lipinski definition) is 2. The number of aliphatic hydroxyl groups excluding tert-OH is 1. The van der Waals surface area contributed by atoms with E-state index in [1.165, 1.54) is 8.96 Å². The molecule has 106 valence electrons. The molecular formula is C18H16INO. The molecule has 0 heterocycles. The van der Waals surface area contributed by atoms with Crippen LogP contribution in [0.3, 0.4) is 0 Å². The smallest absolute Gasteiger partial charge is 0.0962 e. The van der Waals surface area contributed by atoms with E-state index in [1.807, 2.05) is 36.4 Å². The first kappa shape index (κ1) is 14.4. The van der Waals surface area contributed by atoms with Crippen molar-refractivity contribution in [2.75, 3.05) is 11.9 Å². The molecule has 21 heavy (non-hydrogen) atoms. The van der Waals surface area contributed by atoms with Crippen LogP contribution in [0, 0.1) is 3.57 Å². The van der Waals surface area contributed by atoms with Crippen LogP contribution in [-0.2, 0) is 0 Å². The van der Waals surface area contributed by atoms with Gasteiger partial charge in [0.15, 0.2) is 0 Å². The Morgan fingerprint density at radius 1 is 0.905 bits per heavy atom.